The van der Waals surface area contributed by atoms with Crippen molar-refractivity contribution in [2.24, 2.45) is 0 Å². The third-order valence-electron chi connectivity index (χ3n) is 3.43. The van der Waals surface area contributed by atoms with E-state index in [1.807, 2.05) is 0 Å². The van der Waals surface area contributed by atoms with Gasteiger partial charge in [0.25, 0.3) is 5.56 Å². The van der Waals surface area contributed by atoms with Gasteiger partial charge < -0.3 is 10.1 Å². The van der Waals surface area contributed by atoms with Crippen LogP contribution < -0.4 is 5.56 Å². The number of imidazole rings is 1. The van der Waals surface area contributed by atoms with E-state index < -0.39 is 47.7 Å². The first-order valence-corrected chi connectivity index (χ1v) is 7.01. The van der Waals surface area contributed by atoms with Crippen LogP contribution in [-0.4, -0.2) is 19.6 Å². The quantitative estimate of drug-likeness (QED) is 0.608. The molecule has 118 valence electrons. The molecule has 0 amide bonds. The molecular formula is C19H15N3O2. The molecule has 0 atom stereocenters. The molecule has 0 aliphatic carbocycles. The molecule has 0 spiro atoms. The number of hydrogen-bond acceptors (Lipinski definition) is 3. The predicted molar refractivity (Wildman–Crippen MR) is 91.7 cm³/mol. The van der Waals surface area contributed by atoms with Crippen LogP contribution >= 0.6 is 0 Å². The SMILES string of the molecule is [2H]c1c([2H])c([2H])c(C([2H])([2H])c2[nH]c(-c3ccc(O)cc3)cn3c(=O)cnc2-3)c([2H])c1[2H]. The summed E-state index contributed by atoms with van der Waals surface area (Å²) in [5.41, 5.74) is -0.532. The Morgan fingerprint density at radius 3 is 2.71 bits per heavy atom. The summed E-state index contributed by atoms with van der Waals surface area (Å²) >= 11 is 0. The van der Waals surface area contributed by atoms with Crippen molar-refractivity contribution in [3.63, 3.8) is 0 Å². The highest BCUT2D eigenvalue weighted by molar-refractivity contribution is 5.61. The van der Waals surface area contributed by atoms with Crippen molar-refractivity contribution < 1.29 is 14.7 Å². The summed E-state index contributed by atoms with van der Waals surface area (Å²) in [6.45, 7) is 0. The van der Waals surface area contributed by atoms with Crippen molar-refractivity contribution >= 4 is 0 Å². The van der Waals surface area contributed by atoms with Crippen molar-refractivity contribution in [2.75, 3.05) is 0 Å². The lowest BCUT2D eigenvalue weighted by atomic mass is 10.1. The standard InChI is InChI=1S/C19H15N3O2/c23-15-8-6-14(7-9-15)17-12-22-18(24)11-20-19(22)16(21-17)10-13-4-2-1-3-5-13/h1-9,11-12,21,23H,10H2/i1D,2D,3D,4D,5D,10D2. The number of aromatic nitrogens is 3. The fraction of sp³-hybridized carbons (Fsp3) is 0.0526. The minimum atomic E-state index is -2.63. The molecule has 2 aliphatic rings. The number of phenolic OH excluding ortho intramolecular Hbond substituents is 1. The molecule has 0 saturated heterocycles. The second kappa shape index (κ2) is 5.70. The molecular weight excluding hydrogens is 302 g/mol. The number of nitrogens with zero attached hydrogens (tertiary/aromatic N) is 2. The Morgan fingerprint density at radius 1 is 1.21 bits per heavy atom. The smallest absolute Gasteiger partial charge is 0.274 e. The molecule has 2 N–H and O–H groups in total. The molecule has 24 heavy (non-hydrogen) atoms. The molecule has 0 radical (unpaired) electrons. The van der Waals surface area contributed by atoms with Gasteiger partial charge in [-0.25, -0.2) is 4.98 Å². The number of hydrogen-bond donors (Lipinski definition) is 2. The topological polar surface area (TPSA) is 70.9 Å². The van der Waals surface area contributed by atoms with E-state index in [4.69, 9.17) is 9.60 Å². The van der Waals surface area contributed by atoms with Gasteiger partial charge in [-0.2, -0.15) is 0 Å². The predicted octanol–water partition coefficient (Wildman–Crippen LogP) is 2.96. The van der Waals surface area contributed by atoms with E-state index in [9.17, 15) is 9.90 Å². The van der Waals surface area contributed by atoms with Gasteiger partial charge in [-0.15, -0.1) is 0 Å². The van der Waals surface area contributed by atoms with Crippen molar-refractivity contribution in [3.05, 3.63) is 88.5 Å². The Hall–Kier alpha value is -3.34. The maximum absolute atomic E-state index is 12.3. The van der Waals surface area contributed by atoms with Crippen LogP contribution in [0.3, 0.4) is 0 Å². The Morgan fingerprint density at radius 2 is 1.96 bits per heavy atom. The summed E-state index contributed by atoms with van der Waals surface area (Å²) in [5, 5.41) is 9.53. The second-order valence-corrected chi connectivity index (χ2v) is 5.00. The van der Waals surface area contributed by atoms with Crippen LogP contribution in [0.25, 0.3) is 17.1 Å². The summed E-state index contributed by atoms with van der Waals surface area (Å²) in [5.74, 6) is -0.0593. The highest BCUT2D eigenvalue weighted by atomic mass is 16.3. The first kappa shape index (κ1) is 8.49. The van der Waals surface area contributed by atoms with Gasteiger partial charge >= 0.3 is 0 Å². The maximum atomic E-state index is 12.3. The van der Waals surface area contributed by atoms with E-state index in [1.165, 1.54) is 18.3 Å². The fourth-order valence-corrected chi connectivity index (χ4v) is 2.32. The molecule has 5 heteroatoms. The summed E-state index contributed by atoms with van der Waals surface area (Å²) < 4.78 is 58.3. The van der Waals surface area contributed by atoms with Gasteiger partial charge in [0.15, 0.2) is 5.82 Å². The number of rotatable bonds is 3. The molecule has 2 heterocycles. The van der Waals surface area contributed by atoms with E-state index in [0.717, 1.165) is 10.8 Å². The zero-order chi connectivity index (χ0) is 22.7. The van der Waals surface area contributed by atoms with Crippen molar-refractivity contribution in [3.8, 4) is 22.8 Å². The monoisotopic (exact) mass is 324 g/mol. The zero-order valence-electron chi connectivity index (χ0n) is 19.2. The van der Waals surface area contributed by atoms with E-state index in [0.29, 0.717) is 11.3 Å². The average Bonchev–Trinajstić information content (AvgIpc) is 3.11. The normalized spacial score (nSPS) is 15.8. The fourth-order valence-electron chi connectivity index (χ4n) is 2.32. The summed E-state index contributed by atoms with van der Waals surface area (Å²) in [7, 11) is 0. The summed E-state index contributed by atoms with van der Waals surface area (Å²) in [4.78, 5) is 19.1. The highest BCUT2D eigenvalue weighted by Gasteiger charge is 2.15. The molecule has 0 saturated carbocycles. The first-order valence-electron chi connectivity index (χ1n) is 10.5. The largest absolute Gasteiger partial charge is 0.508 e. The Kier molecular flexibility index (Phi) is 2.02. The lowest BCUT2D eigenvalue weighted by Crippen LogP contribution is -2.15. The number of aromatic hydroxyl groups is 1. The van der Waals surface area contributed by atoms with Gasteiger partial charge in [0.05, 0.1) is 24.4 Å². The van der Waals surface area contributed by atoms with Crippen molar-refractivity contribution in [2.45, 2.75) is 6.37 Å². The van der Waals surface area contributed by atoms with Gasteiger partial charge in [0.1, 0.15) is 5.75 Å². The number of benzene rings is 2. The van der Waals surface area contributed by atoms with Gasteiger partial charge in [0.2, 0.25) is 0 Å². The molecule has 2 aromatic carbocycles. The van der Waals surface area contributed by atoms with E-state index >= 15 is 0 Å². The molecule has 0 bridgehead atoms. The van der Waals surface area contributed by atoms with Crippen LogP contribution in [0.2, 0.25) is 0 Å². The number of phenols is 1. The molecule has 0 fully saturated rings. The Labute approximate surface area is 148 Å². The molecule has 0 unspecified atom stereocenters. The zero-order valence-corrected chi connectivity index (χ0v) is 12.2. The third kappa shape index (κ3) is 2.56. The van der Waals surface area contributed by atoms with Crippen LogP contribution in [0.5, 0.6) is 5.75 Å². The Bertz CT molecular complexity index is 1320. The molecule has 2 aliphatic heterocycles. The number of aromatic amines is 1. The first-order chi connectivity index (χ1) is 14.5. The highest BCUT2D eigenvalue weighted by Crippen LogP contribution is 2.24. The Balaban J connectivity index is 2.04. The van der Waals surface area contributed by atoms with E-state index in [2.05, 4.69) is 9.97 Å². The minimum absolute atomic E-state index is 0.0201. The lowest BCUT2D eigenvalue weighted by molar-refractivity contribution is 0.475. The van der Waals surface area contributed by atoms with Crippen LogP contribution in [-0.2, 0) is 6.37 Å². The van der Waals surface area contributed by atoms with Crippen molar-refractivity contribution in [1.82, 2.24) is 14.5 Å². The van der Waals surface area contributed by atoms with Gasteiger partial charge in [-0.3, -0.25) is 9.36 Å². The molecule has 2 aromatic rings. The molecule has 0 aromatic heterocycles. The van der Waals surface area contributed by atoms with Gasteiger partial charge in [-0.05, 0) is 35.4 Å². The number of nitrogens with one attached hydrogen (secondary N) is 1. The van der Waals surface area contributed by atoms with Gasteiger partial charge in [-0.1, -0.05) is 30.2 Å². The molecule has 4 rings (SSSR count). The average molecular weight is 324 g/mol. The third-order valence-corrected chi connectivity index (χ3v) is 3.43. The van der Waals surface area contributed by atoms with Crippen LogP contribution in [0.4, 0.5) is 0 Å². The number of fused-ring (bicyclic) bond motifs is 1. The van der Waals surface area contributed by atoms with E-state index in [1.54, 1.807) is 12.1 Å². The number of H-pyrrole nitrogens is 1. The second-order valence-electron chi connectivity index (χ2n) is 5.00. The lowest BCUT2D eigenvalue weighted by Gasteiger charge is -2.13. The van der Waals surface area contributed by atoms with Crippen LogP contribution in [0.1, 0.15) is 20.9 Å². The minimum Gasteiger partial charge on any atom is -0.508 e. The van der Waals surface area contributed by atoms with Crippen LogP contribution in [0, 0.1) is 0 Å². The maximum Gasteiger partial charge on any atom is 0.274 e. The van der Waals surface area contributed by atoms with Crippen molar-refractivity contribution in [1.29, 1.82) is 0 Å². The molecule has 5 nitrogen and oxygen atoms in total. The van der Waals surface area contributed by atoms with E-state index in [-0.39, 0.29) is 17.3 Å². The summed E-state index contributed by atoms with van der Waals surface area (Å²) in [6, 6.07) is 2.60. The van der Waals surface area contributed by atoms with Crippen LogP contribution in [0.15, 0.2) is 71.7 Å². The van der Waals surface area contributed by atoms with Gasteiger partial charge in [0, 0.05) is 15.3 Å². The summed E-state index contributed by atoms with van der Waals surface area (Å²) in [6.07, 6.45) is -0.205.